The summed E-state index contributed by atoms with van der Waals surface area (Å²) >= 11 is 17.3. The Morgan fingerprint density at radius 1 is 1.10 bits per heavy atom. The third-order valence-corrected chi connectivity index (χ3v) is 4.97. The van der Waals surface area contributed by atoms with Gasteiger partial charge in [-0.3, -0.25) is 4.79 Å². The van der Waals surface area contributed by atoms with Crippen LogP contribution in [0.25, 0.3) is 11.3 Å². The number of furan rings is 1. The number of rotatable bonds is 6. The van der Waals surface area contributed by atoms with E-state index >= 15 is 0 Å². The topological polar surface area (TPSA) is 63.5 Å². The summed E-state index contributed by atoms with van der Waals surface area (Å²) in [6, 6.07) is 14.8. The van der Waals surface area contributed by atoms with E-state index in [0.29, 0.717) is 28.1 Å². The monoisotopic (exact) mass is 462 g/mol. The quantitative estimate of drug-likeness (QED) is 0.477. The van der Waals surface area contributed by atoms with Crippen LogP contribution in [0.3, 0.4) is 0 Å². The van der Waals surface area contributed by atoms with Crippen LogP contribution in [0.2, 0.25) is 10.0 Å². The molecule has 2 aromatic carbocycles. The highest BCUT2D eigenvalue weighted by molar-refractivity contribution is 7.80. The van der Waals surface area contributed by atoms with Crippen LogP contribution in [0.4, 0.5) is 0 Å². The summed E-state index contributed by atoms with van der Waals surface area (Å²) in [6.07, 6.45) is 0. The molecule has 5 nitrogen and oxygen atoms in total. The van der Waals surface area contributed by atoms with Gasteiger partial charge in [0.2, 0.25) is 0 Å². The smallest absolute Gasteiger partial charge is 0.264 e. The van der Waals surface area contributed by atoms with Crippen molar-refractivity contribution in [1.82, 2.24) is 10.6 Å². The molecule has 0 aliphatic rings. The molecule has 1 amide bonds. The second-order valence-corrected chi connectivity index (χ2v) is 7.94. The third-order valence-electron chi connectivity index (χ3n) is 4.19. The summed E-state index contributed by atoms with van der Waals surface area (Å²) in [6.45, 7) is 3.94. The number of thiocarbonyl (C=S) groups is 1. The lowest BCUT2D eigenvalue weighted by Gasteiger charge is -2.12. The van der Waals surface area contributed by atoms with Crippen molar-refractivity contribution in [2.45, 2.75) is 20.4 Å². The fourth-order valence-electron chi connectivity index (χ4n) is 2.84. The molecule has 3 aromatic rings. The fraction of sp³-hybridized carbons (Fsp3) is 0.182. The SMILES string of the molecule is Cc1cc(C)c(OCC(=O)NC(=S)NCc2ccc(-c3ccc(Cl)cc3)o2)c(Cl)c1. The van der Waals surface area contributed by atoms with Gasteiger partial charge in [-0.1, -0.05) is 29.3 Å². The van der Waals surface area contributed by atoms with Crippen LogP contribution in [0.5, 0.6) is 5.75 Å². The molecule has 0 aliphatic carbocycles. The van der Waals surface area contributed by atoms with Gasteiger partial charge in [-0.15, -0.1) is 0 Å². The van der Waals surface area contributed by atoms with E-state index in [9.17, 15) is 4.79 Å². The number of benzene rings is 2. The van der Waals surface area contributed by atoms with Crippen LogP contribution in [0.15, 0.2) is 52.9 Å². The van der Waals surface area contributed by atoms with Gasteiger partial charge in [0.15, 0.2) is 11.7 Å². The molecular weight excluding hydrogens is 443 g/mol. The predicted octanol–water partition coefficient (Wildman–Crippen LogP) is 5.44. The summed E-state index contributed by atoms with van der Waals surface area (Å²) in [5.74, 6) is 1.50. The number of ether oxygens (including phenoxy) is 1. The van der Waals surface area contributed by atoms with Crippen molar-refractivity contribution in [3.05, 3.63) is 75.5 Å². The lowest BCUT2D eigenvalue weighted by molar-refractivity contribution is -0.121. The van der Waals surface area contributed by atoms with E-state index in [2.05, 4.69) is 10.6 Å². The van der Waals surface area contributed by atoms with E-state index in [1.807, 2.05) is 44.2 Å². The van der Waals surface area contributed by atoms with E-state index in [1.165, 1.54) is 0 Å². The van der Waals surface area contributed by atoms with Crippen LogP contribution in [0, 0.1) is 13.8 Å². The van der Waals surface area contributed by atoms with Crippen molar-refractivity contribution in [2.75, 3.05) is 6.61 Å². The number of amides is 1. The average Bonchev–Trinajstić information content (AvgIpc) is 3.15. The summed E-state index contributed by atoms with van der Waals surface area (Å²) < 4.78 is 11.3. The maximum Gasteiger partial charge on any atom is 0.264 e. The number of aryl methyl sites for hydroxylation is 2. The lowest BCUT2D eigenvalue weighted by Crippen LogP contribution is -2.41. The second kappa shape index (κ2) is 9.98. The Bertz CT molecular complexity index is 1040. The first kappa shape index (κ1) is 22.2. The molecule has 3 rings (SSSR count). The van der Waals surface area contributed by atoms with Gasteiger partial charge < -0.3 is 19.8 Å². The first-order chi connectivity index (χ1) is 14.3. The molecule has 0 aliphatic heterocycles. The van der Waals surface area contributed by atoms with Crippen molar-refractivity contribution >= 4 is 46.4 Å². The van der Waals surface area contributed by atoms with E-state index in [-0.39, 0.29) is 17.6 Å². The minimum absolute atomic E-state index is 0.180. The maximum atomic E-state index is 12.1. The molecule has 0 radical (unpaired) electrons. The molecular formula is C22H20Cl2N2O3S. The normalized spacial score (nSPS) is 10.5. The molecule has 0 fully saturated rings. The number of carbonyl (C=O) groups excluding carboxylic acids is 1. The lowest BCUT2D eigenvalue weighted by atomic mass is 10.1. The largest absolute Gasteiger partial charge is 0.482 e. The minimum Gasteiger partial charge on any atom is -0.482 e. The molecule has 156 valence electrons. The zero-order valence-electron chi connectivity index (χ0n) is 16.4. The zero-order chi connectivity index (χ0) is 21.7. The van der Waals surface area contributed by atoms with Crippen molar-refractivity contribution in [3.8, 4) is 17.1 Å². The van der Waals surface area contributed by atoms with Crippen LogP contribution < -0.4 is 15.4 Å². The number of carbonyl (C=O) groups is 1. The Morgan fingerprint density at radius 2 is 1.83 bits per heavy atom. The molecule has 0 bridgehead atoms. The van der Waals surface area contributed by atoms with E-state index in [4.69, 9.17) is 44.6 Å². The maximum absolute atomic E-state index is 12.1. The Kier molecular flexibility index (Phi) is 7.37. The molecule has 30 heavy (non-hydrogen) atoms. The number of hydrogen-bond acceptors (Lipinski definition) is 4. The van der Waals surface area contributed by atoms with Crippen molar-refractivity contribution in [1.29, 1.82) is 0 Å². The van der Waals surface area contributed by atoms with Crippen molar-refractivity contribution < 1.29 is 13.9 Å². The summed E-state index contributed by atoms with van der Waals surface area (Å²) in [5.41, 5.74) is 2.81. The molecule has 1 aromatic heterocycles. The van der Waals surface area contributed by atoms with E-state index in [0.717, 1.165) is 22.5 Å². The van der Waals surface area contributed by atoms with Gasteiger partial charge in [0.05, 0.1) is 11.6 Å². The second-order valence-electron chi connectivity index (χ2n) is 6.69. The Balaban J connectivity index is 1.47. The standard InChI is InChI=1S/C22H20Cl2N2O3S/c1-13-9-14(2)21(18(24)10-13)28-12-20(27)26-22(30)25-11-17-7-8-19(29-17)15-3-5-16(23)6-4-15/h3-10H,11-12H2,1-2H3,(H2,25,26,27,30). The van der Waals surface area contributed by atoms with Crippen LogP contribution in [0.1, 0.15) is 16.9 Å². The molecule has 1 heterocycles. The van der Waals surface area contributed by atoms with E-state index in [1.54, 1.807) is 18.2 Å². The van der Waals surface area contributed by atoms with Gasteiger partial charge in [-0.05, 0) is 79.7 Å². The van der Waals surface area contributed by atoms with Crippen molar-refractivity contribution in [2.24, 2.45) is 0 Å². The van der Waals surface area contributed by atoms with Gasteiger partial charge in [-0.25, -0.2) is 0 Å². The average molecular weight is 463 g/mol. The van der Waals surface area contributed by atoms with Gasteiger partial charge in [0.1, 0.15) is 17.3 Å². The van der Waals surface area contributed by atoms with Gasteiger partial charge in [0, 0.05) is 10.6 Å². The molecule has 0 saturated heterocycles. The van der Waals surface area contributed by atoms with Gasteiger partial charge in [-0.2, -0.15) is 0 Å². The molecule has 0 unspecified atom stereocenters. The Labute approximate surface area is 190 Å². The predicted molar refractivity (Wildman–Crippen MR) is 123 cm³/mol. The molecule has 2 N–H and O–H groups in total. The summed E-state index contributed by atoms with van der Waals surface area (Å²) in [7, 11) is 0. The molecule has 0 saturated carbocycles. The van der Waals surface area contributed by atoms with Gasteiger partial charge in [0.25, 0.3) is 5.91 Å². The molecule has 0 atom stereocenters. The first-order valence-electron chi connectivity index (χ1n) is 9.13. The highest BCUT2D eigenvalue weighted by atomic mass is 35.5. The van der Waals surface area contributed by atoms with Gasteiger partial charge >= 0.3 is 0 Å². The van der Waals surface area contributed by atoms with Crippen LogP contribution in [-0.2, 0) is 11.3 Å². The van der Waals surface area contributed by atoms with E-state index < -0.39 is 0 Å². The molecule has 8 heteroatoms. The Hall–Kier alpha value is -2.54. The number of nitrogens with one attached hydrogen (secondary N) is 2. The number of halogens is 2. The van der Waals surface area contributed by atoms with Crippen LogP contribution >= 0.6 is 35.4 Å². The number of hydrogen-bond donors (Lipinski definition) is 2. The Morgan fingerprint density at radius 3 is 2.53 bits per heavy atom. The first-order valence-corrected chi connectivity index (χ1v) is 10.3. The highest BCUT2D eigenvalue weighted by Crippen LogP contribution is 2.29. The molecule has 0 spiro atoms. The van der Waals surface area contributed by atoms with Crippen LogP contribution in [-0.4, -0.2) is 17.6 Å². The third kappa shape index (κ3) is 5.98. The zero-order valence-corrected chi connectivity index (χ0v) is 18.8. The summed E-state index contributed by atoms with van der Waals surface area (Å²) in [4.78, 5) is 12.1. The minimum atomic E-state index is -0.384. The summed E-state index contributed by atoms with van der Waals surface area (Å²) in [5, 5.41) is 6.82. The van der Waals surface area contributed by atoms with Crippen molar-refractivity contribution in [3.63, 3.8) is 0 Å². The fourth-order valence-corrected chi connectivity index (χ4v) is 3.53. The highest BCUT2D eigenvalue weighted by Gasteiger charge is 2.11.